The second-order valence-electron chi connectivity index (χ2n) is 6.51. The van der Waals surface area contributed by atoms with Crippen molar-refractivity contribution in [2.45, 2.75) is 39.9 Å². The molecular formula is C23H32N2O3. The molecule has 2 aromatic rings. The fourth-order valence-electron chi connectivity index (χ4n) is 2.96. The summed E-state index contributed by atoms with van der Waals surface area (Å²) in [4.78, 5) is 14.7. The number of nitrogens with zero attached hydrogens (tertiary/aromatic N) is 1. The smallest absolute Gasteiger partial charge is 0.322 e. The van der Waals surface area contributed by atoms with E-state index in [9.17, 15) is 4.79 Å². The summed E-state index contributed by atoms with van der Waals surface area (Å²) >= 11 is 0. The molecule has 0 atom stereocenters. The molecule has 5 nitrogen and oxygen atoms in total. The maximum absolute atomic E-state index is 13.0. The average Bonchev–Trinajstić information content (AvgIpc) is 2.72. The van der Waals surface area contributed by atoms with E-state index < -0.39 is 6.29 Å². The van der Waals surface area contributed by atoms with Gasteiger partial charge in [-0.15, -0.1) is 0 Å². The monoisotopic (exact) mass is 384 g/mol. The highest BCUT2D eigenvalue weighted by Gasteiger charge is 2.20. The van der Waals surface area contributed by atoms with Crippen LogP contribution in [0, 0.1) is 0 Å². The number of aryl methyl sites for hydroxylation is 1. The Balaban J connectivity index is 2.08. The summed E-state index contributed by atoms with van der Waals surface area (Å²) < 4.78 is 11.3. The first-order valence-electron chi connectivity index (χ1n) is 10.1. The Hall–Kier alpha value is -2.37. The Morgan fingerprint density at radius 1 is 0.964 bits per heavy atom. The van der Waals surface area contributed by atoms with Gasteiger partial charge in [0.2, 0.25) is 0 Å². The minimum Gasteiger partial charge on any atom is -0.351 e. The number of carbonyl (C=O) groups excluding carboxylic acids is 1. The van der Waals surface area contributed by atoms with Crippen molar-refractivity contribution in [1.82, 2.24) is 4.90 Å². The molecule has 28 heavy (non-hydrogen) atoms. The van der Waals surface area contributed by atoms with Crippen molar-refractivity contribution >= 4 is 11.7 Å². The van der Waals surface area contributed by atoms with Crippen LogP contribution >= 0.6 is 0 Å². The van der Waals surface area contributed by atoms with Crippen molar-refractivity contribution in [2.75, 3.05) is 31.6 Å². The number of nitrogens with one attached hydrogen (secondary N) is 1. The van der Waals surface area contributed by atoms with Gasteiger partial charge in [-0.2, -0.15) is 0 Å². The number of hydrogen-bond donors (Lipinski definition) is 1. The van der Waals surface area contributed by atoms with Gasteiger partial charge in [0.1, 0.15) is 0 Å². The van der Waals surface area contributed by atoms with Crippen LogP contribution in [0.2, 0.25) is 0 Å². The molecule has 0 spiro atoms. The molecule has 0 unspecified atom stereocenters. The van der Waals surface area contributed by atoms with Gasteiger partial charge >= 0.3 is 6.03 Å². The predicted molar refractivity (Wildman–Crippen MR) is 114 cm³/mol. The van der Waals surface area contributed by atoms with Gasteiger partial charge in [0.15, 0.2) is 6.29 Å². The molecule has 0 aliphatic rings. The molecule has 0 radical (unpaired) electrons. The van der Waals surface area contributed by atoms with Crippen LogP contribution in [-0.2, 0) is 22.3 Å². The largest absolute Gasteiger partial charge is 0.351 e. The lowest BCUT2D eigenvalue weighted by Gasteiger charge is -2.28. The third-order valence-corrected chi connectivity index (χ3v) is 4.46. The van der Waals surface area contributed by atoms with Crippen LogP contribution in [0.1, 0.15) is 31.9 Å². The molecule has 1 N–H and O–H groups in total. The lowest BCUT2D eigenvalue weighted by atomic mass is 10.1. The first-order valence-corrected chi connectivity index (χ1v) is 10.1. The van der Waals surface area contributed by atoms with E-state index in [1.807, 2.05) is 50.2 Å². The zero-order valence-corrected chi connectivity index (χ0v) is 17.2. The van der Waals surface area contributed by atoms with Crippen molar-refractivity contribution in [1.29, 1.82) is 0 Å². The Kier molecular flexibility index (Phi) is 9.52. The molecule has 2 rings (SSSR count). The minimum absolute atomic E-state index is 0.145. The lowest BCUT2D eigenvalue weighted by molar-refractivity contribution is -0.142. The second kappa shape index (κ2) is 12.2. The van der Waals surface area contributed by atoms with E-state index in [0.717, 1.165) is 18.5 Å². The molecule has 2 aromatic carbocycles. The molecule has 2 amide bonds. The normalized spacial score (nSPS) is 10.9. The van der Waals surface area contributed by atoms with Crippen LogP contribution < -0.4 is 5.32 Å². The summed E-state index contributed by atoms with van der Waals surface area (Å²) in [6.45, 7) is 8.00. The van der Waals surface area contributed by atoms with Gasteiger partial charge in [-0.25, -0.2) is 4.79 Å². The Labute approximate surface area is 168 Å². The number of urea groups is 1. The van der Waals surface area contributed by atoms with Crippen LogP contribution in [0.3, 0.4) is 0 Å². The molecule has 0 heterocycles. The van der Waals surface area contributed by atoms with Crippen molar-refractivity contribution in [3.8, 4) is 0 Å². The van der Waals surface area contributed by atoms with Gasteiger partial charge in [0.25, 0.3) is 0 Å². The third kappa shape index (κ3) is 7.33. The summed E-state index contributed by atoms with van der Waals surface area (Å²) in [6.07, 6.45) is 1.27. The molecule has 0 saturated carbocycles. The maximum Gasteiger partial charge on any atom is 0.322 e. The van der Waals surface area contributed by atoms with Crippen molar-refractivity contribution < 1.29 is 14.3 Å². The Morgan fingerprint density at radius 3 is 2.29 bits per heavy atom. The second-order valence-corrected chi connectivity index (χ2v) is 6.51. The van der Waals surface area contributed by atoms with Gasteiger partial charge in [0, 0.05) is 25.4 Å². The zero-order valence-electron chi connectivity index (χ0n) is 17.2. The number of carbonyl (C=O) groups is 1. The van der Waals surface area contributed by atoms with Crippen LogP contribution in [0.15, 0.2) is 54.6 Å². The van der Waals surface area contributed by atoms with E-state index in [-0.39, 0.29) is 6.03 Å². The van der Waals surface area contributed by atoms with Crippen LogP contribution in [0.4, 0.5) is 10.5 Å². The predicted octanol–water partition coefficient (Wildman–Crippen LogP) is 4.72. The summed E-state index contributed by atoms with van der Waals surface area (Å²) in [5.41, 5.74) is 3.19. The topological polar surface area (TPSA) is 50.8 Å². The van der Waals surface area contributed by atoms with Crippen LogP contribution in [0.5, 0.6) is 0 Å². The van der Waals surface area contributed by atoms with E-state index in [1.165, 1.54) is 11.1 Å². The molecule has 0 aromatic heterocycles. The van der Waals surface area contributed by atoms with Crippen molar-refractivity contribution in [3.05, 3.63) is 65.7 Å². The highest BCUT2D eigenvalue weighted by Crippen LogP contribution is 2.13. The summed E-state index contributed by atoms with van der Waals surface area (Å²) in [5.74, 6) is 0. The first-order chi connectivity index (χ1) is 13.7. The van der Waals surface area contributed by atoms with Crippen molar-refractivity contribution in [3.63, 3.8) is 0 Å². The van der Waals surface area contributed by atoms with E-state index >= 15 is 0 Å². The fourth-order valence-corrected chi connectivity index (χ4v) is 2.96. The summed E-state index contributed by atoms with van der Waals surface area (Å²) in [6, 6.07) is 18.0. The number of anilines is 1. The number of hydrogen-bond acceptors (Lipinski definition) is 3. The third-order valence-electron chi connectivity index (χ3n) is 4.46. The molecular weight excluding hydrogens is 352 g/mol. The molecule has 0 bridgehead atoms. The highest BCUT2D eigenvalue weighted by molar-refractivity contribution is 5.89. The Morgan fingerprint density at radius 2 is 1.64 bits per heavy atom. The fraction of sp³-hybridized carbons (Fsp3) is 0.435. The Bertz CT molecular complexity index is 700. The molecule has 5 heteroatoms. The number of rotatable bonds is 11. The standard InChI is InChI=1S/C23H32N2O3/c1-4-19-13-10-14-21(17-19)24-23(26)25(18-22(27-5-2)28-6-3)16-15-20-11-8-7-9-12-20/h7-14,17,22H,4-6,15-16,18H2,1-3H3,(H,24,26). The first kappa shape index (κ1) is 21.9. The molecule has 0 fully saturated rings. The average molecular weight is 385 g/mol. The summed E-state index contributed by atoms with van der Waals surface area (Å²) in [5, 5.41) is 3.02. The van der Waals surface area contributed by atoms with E-state index in [0.29, 0.717) is 26.3 Å². The lowest BCUT2D eigenvalue weighted by Crippen LogP contribution is -2.43. The van der Waals surface area contributed by atoms with Gasteiger partial charge in [0.05, 0.1) is 6.54 Å². The van der Waals surface area contributed by atoms with E-state index in [4.69, 9.17) is 9.47 Å². The summed E-state index contributed by atoms with van der Waals surface area (Å²) in [7, 11) is 0. The van der Waals surface area contributed by atoms with Gasteiger partial charge < -0.3 is 19.7 Å². The quantitative estimate of drug-likeness (QED) is 0.570. The maximum atomic E-state index is 13.0. The van der Waals surface area contributed by atoms with Crippen LogP contribution in [0.25, 0.3) is 0 Å². The zero-order chi connectivity index (χ0) is 20.2. The van der Waals surface area contributed by atoms with E-state index in [2.05, 4.69) is 30.4 Å². The highest BCUT2D eigenvalue weighted by atomic mass is 16.7. The molecule has 0 aliphatic carbocycles. The molecule has 152 valence electrons. The van der Waals surface area contributed by atoms with Gasteiger partial charge in [-0.05, 0) is 49.9 Å². The minimum atomic E-state index is -0.432. The molecule has 0 saturated heterocycles. The van der Waals surface area contributed by atoms with Crippen LogP contribution in [-0.4, -0.2) is 43.5 Å². The SMILES string of the molecule is CCOC(CN(CCc1ccccc1)C(=O)Nc1cccc(CC)c1)OCC. The molecule has 0 aliphatic heterocycles. The number of amides is 2. The number of ether oxygens (including phenoxy) is 2. The van der Waals surface area contributed by atoms with Gasteiger partial charge in [-0.3, -0.25) is 0 Å². The van der Waals surface area contributed by atoms with E-state index in [1.54, 1.807) is 4.90 Å². The van der Waals surface area contributed by atoms with Gasteiger partial charge in [-0.1, -0.05) is 49.4 Å². The van der Waals surface area contributed by atoms with Crippen molar-refractivity contribution in [2.24, 2.45) is 0 Å². The number of benzene rings is 2.